The third-order valence-electron chi connectivity index (χ3n) is 12.8. The van der Waals surface area contributed by atoms with Crippen LogP contribution < -0.4 is 10.4 Å². The second-order valence-electron chi connectivity index (χ2n) is 23.8. The Bertz CT molecular complexity index is 2410. The molecule has 1 aliphatic rings. The molecule has 0 saturated carbocycles. The number of benzene rings is 6. The summed E-state index contributed by atoms with van der Waals surface area (Å²) < 4.78 is 0. The topological polar surface area (TPSA) is 0 Å². The zero-order chi connectivity index (χ0) is 43.8. The van der Waals surface area contributed by atoms with Crippen LogP contribution >= 0.6 is 22.2 Å². The molecule has 7 rings (SSSR count). The Morgan fingerprint density at radius 1 is 0.339 bits per heavy atom. The Labute approximate surface area is 367 Å². The minimum absolute atomic E-state index is 0.0244. The lowest BCUT2D eigenvalue weighted by Gasteiger charge is -2.35. The van der Waals surface area contributed by atoms with Gasteiger partial charge in [-0.25, -0.2) is 0 Å². The predicted octanol–water partition coefficient (Wildman–Crippen LogP) is 16.1. The summed E-state index contributed by atoms with van der Waals surface area (Å²) in [5.74, 6) is 0. The summed E-state index contributed by atoms with van der Waals surface area (Å²) in [5.41, 5.74) is 14.8. The molecule has 59 heavy (non-hydrogen) atoms. The molecule has 6 aromatic rings. The van der Waals surface area contributed by atoms with Crippen LogP contribution in [-0.2, 0) is 32.5 Å². The van der Waals surface area contributed by atoms with Gasteiger partial charge in [-0.1, -0.05) is 197 Å². The minimum atomic E-state index is -3.55. The third kappa shape index (κ3) is 7.44. The molecular weight excluding hydrogens is 772 g/mol. The van der Waals surface area contributed by atoms with E-state index in [-0.39, 0.29) is 32.5 Å². The van der Waals surface area contributed by atoms with E-state index in [0.717, 1.165) is 10.4 Å². The molecule has 0 atom stereocenters. The largest absolute Gasteiger partial charge is 0.312 e. The van der Waals surface area contributed by atoms with E-state index < -0.39 is 6.69 Å². The molecule has 0 saturated heterocycles. The van der Waals surface area contributed by atoms with Gasteiger partial charge in [0, 0.05) is 0 Å². The molecule has 1 heterocycles. The van der Waals surface area contributed by atoms with Gasteiger partial charge < -0.3 is 0 Å². The van der Waals surface area contributed by atoms with Crippen LogP contribution in [0, 0.1) is 0 Å². The first-order chi connectivity index (χ1) is 26.8. The SMILES string of the molecule is CC(C)(C)c1cc(C(C)(C)C)c(-c2cc3ccccc3c3c2[Si](Cl)(Cl)c2c(-c4c(C(C)(C)C)cc(C(C)(C)C)cc4C(C)(C)C)cc4ccccc4c2-3)c(C(C)(C)C)c1. The van der Waals surface area contributed by atoms with E-state index in [1.807, 2.05) is 0 Å². The second kappa shape index (κ2) is 13.8. The Balaban J connectivity index is 1.76. The molecule has 3 heteroatoms. The number of fused-ring (bicyclic) bond motifs is 7. The Hall–Kier alpha value is -3.36. The summed E-state index contributed by atoms with van der Waals surface area (Å²) >= 11 is 17.0. The molecule has 0 radical (unpaired) electrons. The highest BCUT2D eigenvalue weighted by molar-refractivity contribution is 7.58. The van der Waals surface area contributed by atoms with Crippen molar-refractivity contribution in [1.82, 2.24) is 0 Å². The van der Waals surface area contributed by atoms with Gasteiger partial charge in [-0.05, 0) is 143 Å². The van der Waals surface area contributed by atoms with Crippen molar-refractivity contribution >= 4 is 60.8 Å². The lowest BCUT2D eigenvalue weighted by Crippen LogP contribution is -2.47. The zero-order valence-corrected chi connectivity index (χ0v) is 41.9. The van der Waals surface area contributed by atoms with Gasteiger partial charge >= 0.3 is 6.69 Å². The van der Waals surface area contributed by atoms with Gasteiger partial charge in [-0.2, -0.15) is 0 Å². The maximum absolute atomic E-state index is 8.52. The van der Waals surface area contributed by atoms with Crippen molar-refractivity contribution < 1.29 is 0 Å². The lowest BCUT2D eigenvalue weighted by molar-refractivity contribution is 0.550. The fourth-order valence-corrected chi connectivity index (χ4v) is 14.3. The Morgan fingerprint density at radius 3 is 0.864 bits per heavy atom. The van der Waals surface area contributed by atoms with Gasteiger partial charge in [0.2, 0.25) is 0 Å². The monoisotopic (exact) mass is 838 g/mol. The highest BCUT2D eigenvalue weighted by Gasteiger charge is 2.50. The fraction of sp³-hybridized carbons (Fsp3) is 0.429. The first kappa shape index (κ1) is 43.7. The first-order valence-corrected chi connectivity index (χ1v) is 25.8. The van der Waals surface area contributed by atoms with Gasteiger partial charge in [-0.15, -0.1) is 22.2 Å². The van der Waals surface area contributed by atoms with E-state index in [1.165, 1.54) is 88.3 Å². The van der Waals surface area contributed by atoms with Crippen molar-refractivity contribution in [1.29, 1.82) is 0 Å². The van der Waals surface area contributed by atoms with E-state index in [9.17, 15) is 0 Å². The highest BCUT2D eigenvalue weighted by Crippen LogP contribution is 2.52. The van der Waals surface area contributed by atoms with Crippen molar-refractivity contribution in [3.05, 3.63) is 118 Å². The quantitative estimate of drug-likeness (QED) is 0.120. The van der Waals surface area contributed by atoms with E-state index in [2.05, 4.69) is 210 Å². The van der Waals surface area contributed by atoms with Crippen LogP contribution in [0.2, 0.25) is 0 Å². The van der Waals surface area contributed by atoms with Crippen LogP contribution in [0.3, 0.4) is 0 Å². The standard InChI is InChI=1S/C56H68Cl2Si/c1-51(2,3)35-29-41(53(7,8)9)45(42(30-35)54(10,11)12)39-27-33-23-19-21-25-37(33)47-48-38-26-22-20-24-34(38)28-40(50(48)59(57,58)49(39)47)46-43(55(13,14)15)31-36(52(4,5)6)32-44(46)56(16,17)18/h19-32H,1-18H3. The maximum atomic E-state index is 8.52. The van der Waals surface area contributed by atoms with Crippen LogP contribution in [0.5, 0.6) is 0 Å². The van der Waals surface area contributed by atoms with Crippen molar-refractivity contribution in [3.63, 3.8) is 0 Å². The molecular formula is C56H68Cl2Si. The minimum Gasteiger partial charge on any atom is -0.134 e. The molecule has 0 spiro atoms. The smallest absolute Gasteiger partial charge is 0.134 e. The summed E-state index contributed by atoms with van der Waals surface area (Å²) in [4.78, 5) is 0. The summed E-state index contributed by atoms with van der Waals surface area (Å²) in [5, 5.41) is 7.10. The van der Waals surface area contributed by atoms with Crippen molar-refractivity contribution in [3.8, 4) is 33.4 Å². The van der Waals surface area contributed by atoms with E-state index >= 15 is 0 Å². The van der Waals surface area contributed by atoms with Gasteiger partial charge in [0.1, 0.15) is 0 Å². The molecule has 0 aliphatic carbocycles. The maximum Gasteiger partial charge on any atom is 0.312 e. The van der Waals surface area contributed by atoms with Crippen LogP contribution in [-0.4, -0.2) is 6.69 Å². The Kier molecular flexibility index (Phi) is 10.2. The van der Waals surface area contributed by atoms with Gasteiger partial charge in [-0.3, -0.25) is 0 Å². The summed E-state index contributed by atoms with van der Waals surface area (Å²) in [7, 11) is 0. The summed E-state index contributed by atoms with van der Waals surface area (Å²) in [6.07, 6.45) is 0. The van der Waals surface area contributed by atoms with Gasteiger partial charge in [0.25, 0.3) is 0 Å². The van der Waals surface area contributed by atoms with E-state index in [0.29, 0.717) is 0 Å². The van der Waals surface area contributed by atoms with Crippen molar-refractivity contribution in [2.24, 2.45) is 0 Å². The molecule has 0 N–H and O–H groups in total. The molecule has 0 unspecified atom stereocenters. The molecule has 0 bridgehead atoms. The highest BCUT2D eigenvalue weighted by atomic mass is 35.7. The molecule has 310 valence electrons. The first-order valence-electron chi connectivity index (χ1n) is 21.7. The molecule has 0 nitrogen and oxygen atoms in total. The summed E-state index contributed by atoms with van der Waals surface area (Å²) in [6.45, 7) is 38.8. The molecule has 1 aliphatic heterocycles. The average Bonchev–Trinajstić information content (AvgIpc) is 3.35. The van der Waals surface area contributed by atoms with Crippen LogP contribution in [0.1, 0.15) is 158 Å². The molecule has 6 aromatic carbocycles. The number of rotatable bonds is 2. The predicted molar refractivity (Wildman–Crippen MR) is 267 cm³/mol. The van der Waals surface area contributed by atoms with Crippen LogP contribution in [0.4, 0.5) is 0 Å². The van der Waals surface area contributed by atoms with Crippen molar-refractivity contribution in [2.45, 2.75) is 157 Å². The van der Waals surface area contributed by atoms with Gasteiger partial charge in [0.15, 0.2) is 0 Å². The fourth-order valence-electron chi connectivity index (χ4n) is 9.48. The average molecular weight is 840 g/mol. The Morgan fingerprint density at radius 2 is 0.610 bits per heavy atom. The summed E-state index contributed by atoms with van der Waals surface area (Å²) in [6, 6.07) is 32.7. The molecule has 0 amide bonds. The van der Waals surface area contributed by atoms with E-state index in [4.69, 9.17) is 22.2 Å². The number of hydrogen-bond donors (Lipinski definition) is 0. The second-order valence-corrected chi connectivity index (χ2v) is 29.9. The number of hydrogen-bond acceptors (Lipinski definition) is 0. The van der Waals surface area contributed by atoms with Crippen molar-refractivity contribution in [2.75, 3.05) is 0 Å². The normalized spacial score (nSPS) is 14.9. The number of halogens is 2. The van der Waals surface area contributed by atoms with E-state index in [1.54, 1.807) is 0 Å². The molecule has 0 fully saturated rings. The molecule has 0 aromatic heterocycles. The third-order valence-corrected chi connectivity index (χ3v) is 17.3. The van der Waals surface area contributed by atoms with Crippen LogP contribution in [0.25, 0.3) is 54.9 Å². The van der Waals surface area contributed by atoms with Crippen LogP contribution in [0.15, 0.2) is 84.9 Å². The zero-order valence-electron chi connectivity index (χ0n) is 39.3. The van der Waals surface area contributed by atoms with Gasteiger partial charge in [0.05, 0.1) is 0 Å². The lowest BCUT2D eigenvalue weighted by atomic mass is 9.70.